The van der Waals surface area contributed by atoms with E-state index in [4.69, 9.17) is 9.47 Å². The molecule has 2 fully saturated rings. The molecule has 0 aromatic heterocycles. The number of nitrogens with zero attached hydrogens (tertiary/aromatic N) is 1. The molecule has 82 valence electrons. The molecule has 0 N–H and O–H groups in total. The zero-order valence-electron chi connectivity index (χ0n) is 9.40. The van der Waals surface area contributed by atoms with Crippen LogP contribution >= 0.6 is 0 Å². The molecule has 3 atom stereocenters. The SMILES string of the molecule is CO[C@@H](C)[C@@H]1[C@@H](OC2CC2)CCN1C. The molecule has 1 saturated carbocycles. The van der Waals surface area contributed by atoms with Crippen molar-refractivity contribution in [2.24, 2.45) is 0 Å². The molecule has 3 heteroatoms. The Morgan fingerprint density at radius 1 is 1.29 bits per heavy atom. The van der Waals surface area contributed by atoms with E-state index in [1.165, 1.54) is 12.8 Å². The zero-order valence-corrected chi connectivity index (χ0v) is 9.40. The van der Waals surface area contributed by atoms with Crippen molar-refractivity contribution in [1.82, 2.24) is 4.90 Å². The lowest BCUT2D eigenvalue weighted by molar-refractivity contribution is -0.0356. The maximum absolute atomic E-state index is 6.01. The Morgan fingerprint density at radius 2 is 2.00 bits per heavy atom. The second-order valence-corrected chi connectivity index (χ2v) is 4.57. The molecule has 0 aromatic carbocycles. The Labute approximate surface area is 86.4 Å². The molecule has 1 aliphatic heterocycles. The summed E-state index contributed by atoms with van der Waals surface area (Å²) in [6, 6.07) is 0.445. The molecule has 3 nitrogen and oxygen atoms in total. The van der Waals surface area contributed by atoms with Crippen molar-refractivity contribution < 1.29 is 9.47 Å². The maximum atomic E-state index is 6.01. The first-order chi connectivity index (χ1) is 6.72. The van der Waals surface area contributed by atoms with E-state index in [1.54, 1.807) is 7.11 Å². The Morgan fingerprint density at radius 3 is 2.57 bits per heavy atom. The van der Waals surface area contributed by atoms with Gasteiger partial charge in [-0.2, -0.15) is 0 Å². The summed E-state index contributed by atoms with van der Waals surface area (Å²) in [5.41, 5.74) is 0. The molecule has 1 aliphatic carbocycles. The average Bonchev–Trinajstić information content (AvgIpc) is 2.90. The minimum atomic E-state index is 0.270. The molecule has 1 saturated heterocycles. The molecule has 0 radical (unpaired) electrons. The van der Waals surface area contributed by atoms with Gasteiger partial charge in [0.2, 0.25) is 0 Å². The summed E-state index contributed by atoms with van der Waals surface area (Å²) in [4.78, 5) is 2.36. The van der Waals surface area contributed by atoms with Crippen LogP contribution in [0.25, 0.3) is 0 Å². The highest BCUT2D eigenvalue weighted by atomic mass is 16.5. The smallest absolute Gasteiger partial charge is 0.0771 e. The second kappa shape index (κ2) is 4.17. The van der Waals surface area contributed by atoms with Crippen LogP contribution in [-0.2, 0) is 9.47 Å². The molecule has 0 bridgehead atoms. The number of ether oxygens (including phenoxy) is 2. The fraction of sp³-hybridized carbons (Fsp3) is 1.00. The molecule has 2 aliphatic rings. The van der Waals surface area contributed by atoms with Crippen molar-refractivity contribution in [1.29, 1.82) is 0 Å². The van der Waals surface area contributed by atoms with Gasteiger partial charge in [0.15, 0.2) is 0 Å². The van der Waals surface area contributed by atoms with Crippen molar-refractivity contribution in [2.45, 2.75) is 50.5 Å². The number of likely N-dealkylation sites (N-methyl/N-ethyl adjacent to an activating group) is 1. The van der Waals surface area contributed by atoms with Crippen molar-refractivity contribution >= 4 is 0 Å². The van der Waals surface area contributed by atoms with Crippen LogP contribution in [0.5, 0.6) is 0 Å². The monoisotopic (exact) mass is 199 g/mol. The number of methoxy groups -OCH3 is 1. The lowest BCUT2D eigenvalue weighted by atomic mass is 10.1. The molecule has 0 spiro atoms. The third kappa shape index (κ3) is 2.10. The summed E-state index contributed by atoms with van der Waals surface area (Å²) in [6.45, 7) is 3.27. The van der Waals surface area contributed by atoms with E-state index in [9.17, 15) is 0 Å². The van der Waals surface area contributed by atoms with E-state index in [0.29, 0.717) is 18.2 Å². The van der Waals surface area contributed by atoms with E-state index in [2.05, 4.69) is 18.9 Å². The van der Waals surface area contributed by atoms with Gasteiger partial charge in [0.25, 0.3) is 0 Å². The van der Waals surface area contributed by atoms with Crippen molar-refractivity contribution in [3.05, 3.63) is 0 Å². The van der Waals surface area contributed by atoms with Gasteiger partial charge >= 0.3 is 0 Å². The molecule has 14 heavy (non-hydrogen) atoms. The number of rotatable bonds is 4. The van der Waals surface area contributed by atoms with Gasteiger partial charge in [-0.3, -0.25) is 4.90 Å². The molecular weight excluding hydrogens is 178 g/mol. The summed E-state index contributed by atoms with van der Waals surface area (Å²) >= 11 is 0. The van der Waals surface area contributed by atoms with Gasteiger partial charge in [-0.1, -0.05) is 0 Å². The molecule has 0 amide bonds. The number of hydrogen-bond donors (Lipinski definition) is 0. The third-order valence-corrected chi connectivity index (χ3v) is 3.40. The van der Waals surface area contributed by atoms with Crippen LogP contribution in [0.2, 0.25) is 0 Å². The quantitative estimate of drug-likeness (QED) is 0.680. The molecule has 0 unspecified atom stereocenters. The van der Waals surface area contributed by atoms with Crippen LogP contribution in [0.4, 0.5) is 0 Å². The summed E-state index contributed by atoms with van der Waals surface area (Å²) in [6.07, 6.45) is 4.89. The summed E-state index contributed by atoms with van der Waals surface area (Å²) in [5, 5.41) is 0. The van der Waals surface area contributed by atoms with Gasteiger partial charge in [-0.25, -0.2) is 0 Å². The largest absolute Gasteiger partial charge is 0.380 e. The second-order valence-electron chi connectivity index (χ2n) is 4.57. The van der Waals surface area contributed by atoms with E-state index in [0.717, 1.165) is 13.0 Å². The van der Waals surface area contributed by atoms with Crippen molar-refractivity contribution in [3.8, 4) is 0 Å². The van der Waals surface area contributed by atoms with Crippen molar-refractivity contribution in [2.75, 3.05) is 20.7 Å². The Balaban J connectivity index is 1.93. The van der Waals surface area contributed by atoms with E-state index >= 15 is 0 Å². The van der Waals surface area contributed by atoms with Gasteiger partial charge in [0, 0.05) is 13.7 Å². The normalized spacial score (nSPS) is 36.2. The Kier molecular flexibility index (Phi) is 3.10. The van der Waals surface area contributed by atoms with Gasteiger partial charge in [0.05, 0.1) is 24.4 Å². The zero-order chi connectivity index (χ0) is 10.1. The fourth-order valence-electron chi connectivity index (χ4n) is 2.33. The number of hydrogen-bond acceptors (Lipinski definition) is 3. The van der Waals surface area contributed by atoms with E-state index in [1.807, 2.05) is 0 Å². The minimum absolute atomic E-state index is 0.270. The molecular formula is C11H21NO2. The minimum Gasteiger partial charge on any atom is -0.380 e. The first-order valence-electron chi connectivity index (χ1n) is 5.61. The van der Waals surface area contributed by atoms with Crippen LogP contribution in [-0.4, -0.2) is 50.0 Å². The highest BCUT2D eigenvalue weighted by Gasteiger charge is 2.39. The van der Waals surface area contributed by atoms with Crippen molar-refractivity contribution in [3.63, 3.8) is 0 Å². The van der Waals surface area contributed by atoms with Crippen LogP contribution in [0, 0.1) is 0 Å². The lowest BCUT2D eigenvalue weighted by Crippen LogP contribution is -2.43. The van der Waals surface area contributed by atoms with Crippen LogP contribution in [0.1, 0.15) is 26.2 Å². The van der Waals surface area contributed by atoms with Gasteiger partial charge in [0.1, 0.15) is 0 Å². The van der Waals surface area contributed by atoms with E-state index in [-0.39, 0.29) is 6.10 Å². The van der Waals surface area contributed by atoms with Gasteiger partial charge < -0.3 is 9.47 Å². The predicted molar refractivity (Wildman–Crippen MR) is 55.4 cm³/mol. The standard InChI is InChI=1S/C11H21NO2/c1-8(13-3)11-10(6-7-12(11)2)14-9-4-5-9/h8-11H,4-7H2,1-3H3/t8-,10-,11+/m0/s1. The molecule has 2 rings (SSSR count). The maximum Gasteiger partial charge on any atom is 0.0771 e. The summed E-state index contributed by atoms with van der Waals surface area (Å²) in [5.74, 6) is 0. The summed E-state index contributed by atoms with van der Waals surface area (Å²) in [7, 11) is 3.95. The Hall–Kier alpha value is -0.120. The fourth-order valence-corrected chi connectivity index (χ4v) is 2.33. The van der Waals surface area contributed by atoms with Crippen LogP contribution in [0.3, 0.4) is 0 Å². The first kappa shape index (κ1) is 10.4. The van der Waals surface area contributed by atoms with Gasteiger partial charge in [-0.05, 0) is 33.2 Å². The molecule has 0 aromatic rings. The Bertz CT molecular complexity index is 194. The topological polar surface area (TPSA) is 21.7 Å². The highest BCUT2D eigenvalue weighted by molar-refractivity contribution is 4.92. The predicted octanol–water partition coefficient (Wildman–Crippen LogP) is 1.27. The van der Waals surface area contributed by atoms with Crippen LogP contribution < -0.4 is 0 Å². The van der Waals surface area contributed by atoms with Gasteiger partial charge in [-0.15, -0.1) is 0 Å². The highest BCUT2D eigenvalue weighted by Crippen LogP contribution is 2.31. The third-order valence-electron chi connectivity index (χ3n) is 3.40. The lowest BCUT2D eigenvalue weighted by Gasteiger charge is -2.29. The molecule has 1 heterocycles. The number of likely N-dealkylation sites (tertiary alicyclic amines) is 1. The first-order valence-corrected chi connectivity index (χ1v) is 5.61. The average molecular weight is 199 g/mol. The van der Waals surface area contributed by atoms with Crippen LogP contribution in [0.15, 0.2) is 0 Å². The summed E-state index contributed by atoms with van der Waals surface area (Å²) < 4.78 is 11.4. The van der Waals surface area contributed by atoms with E-state index < -0.39 is 0 Å².